The zero-order chi connectivity index (χ0) is 16.1. The first-order valence-corrected chi connectivity index (χ1v) is 7.74. The van der Waals surface area contributed by atoms with Crippen LogP contribution >= 0.6 is 15.9 Å². The largest absolute Gasteiger partial charge is 0.497 e. The van der Waals surface area contributed by atoms with Gasteiger partial charge < -0.3 is 10.1 Å². The van der Waals surface area contributed by atoms with E-state index in [0.29, 0.717) is 10.0 Å². The number of benzene rings is 2. The summed E-state index contributed by atoms with van der Waals surface area (Å²) in [6.07, 6.45) is 0.747. The number of nitrogens with one attached hydrogen (secondary N) is 1. The maximum atomic E-state index is 13.1. The van der Waals surface area contributed by atoms with Crippen LogP contribution < -0.4 is 10.1 Å². The Bertz CT molecular complexity index is 658. The van der Waals surface area contributed by atoms with Gasteiger partial charge in [0, 0.05) is 4.47 Å². The smallest absolute Gasteiger partial charge is 0.252 e. The number of carbonyl (C=O) groups is 1. The van der Waals surface area contributed by atoms with Crippen molar-refractivity contribution in [2.45, 2.75) is 19.4 Å². The van der Waals surface area contributed by atoms with Gasteiger partial charge in [-0.25, -0.2) is 4.39 Å². The topological polar surface area (TPSA) is 38.3 Å². The fraction of sp³-hybridized carbons (Fsp3) is 0.235. The Morgan fingerprint density at radius 2 is 1.95 bits per heavy atom. The lowest BCUT2D eigenvalue weighted by atomic mass is 10.0. The predicted molar refractivity (Wildman–Crippen MR) is 87.6 cm³/mol. The second-order valence-corrected chi connectivity index (χ2v) is 5.69. The zero-order valence-electron chi connectivity index (χ0n) is 12.4. The van der Waals surface area contributed by atoms with Crippen molar-refractivity contribution >= 4 is 21.8 Å². The summed E-state index contributed by atoms with van der Waals surface area (Å²) in [7, 11) is 1.61. The summed E-state index contributed by atoms with van der Waals surface area (Å²) in [6, 6.07) is 11.5. The fourth-order valence-corrected chi connectivity index (χ4v) is 2.70. The maximum absolute atomic E-state index is 13.1. The highest BCUT2D eigenvalue weighted by Crippen LogP contribution is 2.23. The third-order valence-electron chi connectivity index (χ3n) is 3.41. The molecule has 0 spiro atoms. The number of ether oxygens (including phenoxy) is 1. The summed E-state index contributed by atoms with van der Waals surface area (Å²) < 4.78 is 18.7. The van der Waals surface area contributed by atoms with Crippen LogP contribution in [-0.2, 0) is 0 Å². The van der Waals surface area contributed by atoms with Gasteiger partial charge in [0.1, 0.15) is 11.6 Å². The summed E-state index contributed by atoms with van der Waals surface area (Å²) in [5.74, 6) is 0.145. The summed E-state index contributed by atoms with van der Waals surface area (Å²) in [6.45, 7) is 1.99. The summed E-state index contributed by atoms with van der Waals surface area (Å²) in [5.41, 5.74) is 1.41. The molecule has 0 aromatic heterocycles. The molecular formula is C17H17BrFNO2. The highest BCUT2D eigenvalue weighted by molar-refractivity contribution is 9.10. The molecule has 0 saturated carbocycles. The molecule has 2 rings (SSSR count). The van der Waals surface area contributed by atoms with Crippen LogP contribution in [0.3, 0.4) is 0 Å². The van der Waals surface area contributed by atoms with Crippen molar-refractivity contribution in [3.8, 4) is 5.75 Å². The van der Waals surface area contributed by atoms with Crippen LogP contribution in [0.5, 0.6) is 5.75 Å². The van der Waals surface area contributed by atoms with Crippen LogP contribution in [0.25, 0.3) is 0 Å². The SMILES string of the molecule is CCC(NC(=O)c1ccc(F)cc1Br)c1ccc(OC)cc1. The Balaban J connectivity index is 2.16. The normalized spacial score (nSPS) is 11.8. The van der Waals surface area contributed by atoms with E-state index in [2.05, 4.69) is 21.2 Å². The van der Waals surface area contributed by atoms with E-state index in [4.69, 9.17) is 4.74 Å². The Kier molecular flexibility index (Phi) is 5.55. The molecule has 2 aromatic carbocycles. The van der Waals surface area contributed by atoms with Crippen molar-refractivity contribution < 1.29 is 13.9 Å². The molecule has 0 bridgehead atoms. The molecular weight excluding hydrogens is 349 g/mol. The average Bonchev–Trinajstić information content (AvgIpc) is 2.52. The third kappa shape index (κ3) is 3.85. The molecule has 0 radical (unpaired) electrons. The van der Waals surface area contributed by atoms with Crippen molar-refractivity contribution in [1.82, 2.24) is 5.32 Å². The molecule has 22 heavy (non-hydrogen) atoms. The van der Waals surface area contributed by atoms with Gasteiger partial charge in [-0.05, 0) is 58.2 Å². The molecule has 0 heterocycles. The summed E-state index contributed by atoms with van der Waals surface area (Å²) in [4.78, 5) is 12.4. The lowest BCUT2D eigenvalue weighted by Gasteiger charge is -2.18. The zero-order valence-corrected chi connectivity index (χ0v) is 14.0. The molecule has 0 aliphatic heterocycles. The van der Waals surface area contributed by atoms with Crippen LogP contribution in [0.4, 0.5) is 4.39 Å². The Morgan fingerprint density at radius 1 is 1.27 bits per heavy atom. The molecule has 116 valence electrons. The quantitative estimate of drug-likeness (QED) is 0.848. The standard InChI is InChI=1S/C17H17BrFNO2/c1-3-16(11-4-7-13(22-2)8-5-11)20-17(21)14-9-6-12(19)10-15(14)18/h4-10,16H,3H2,1-2H3,(H,20,21). The minimum atomic E-state index is -0.384. The third-order valence-corrected chi connectivity index (χ3v) is 4.06. The van der Waals surface area contributed by atoms with Gasteiger partial charge in [0.15, 0.2) is 0 Å². The molecule has 1 amide bonds. The minimum Gasteiger partial charge on any atom is -0.497 e. The van der Waals surface area contributed by atoms with Crippen molar-refractivity contribution in [1.29, 1.82) is 0 Å². The number of amides is 1. The molecule has 1 atom stereocenters. The summed E-state index contributed by atoms with van der Waals surface area (Å²) >= 11 is 3.22. The fourth-order valence-electron chi connectivity index (χ4n) is 2.17. The molecule has 0 fully saturated rings. The number of methoxy groups -OCH3 is 1. The Hall–Kier alpha value is -1.88. The van der Waals surface area contributed by atoms with Crippen LogP contribution in [-0.4, -0.2) is 13.0 Å². The van der Waals surface area contributed by atoms with Gasteiger partial charge in [-0.3, -0.25) is 4.79 Å². The lowest BCUT2D eigenvalue weighted by Crippen LogP contribution is -2.28. The molecule has 0 aliphatic rings. The minimum absolute atomic E-state index is 0.115. The van der Waals surface area contributed by atoms with Gasteiger partial charge in [-0.1, -0.05) is 19.1 Å². The van der Waals surface area contributed by atoms with Gasteiger partial charge in [0.05, 0.1) is 18.7 Å². The number of carbonyl (C=O) groups excluding carboxylic acids is 1. The molecule has 1 N–H and O–H groups in total. The Morgan fingerprint density at radius 3 is 2.50 bits per heavy atom. The van der Waals surface area contributed by atoms with E-state index in [0.717, 1.165) is 17.7 Å². The monoisotopic (exact) mass is 365 g/mol. The van der Waals surface area contributed by atoms with E-state index >= 15 is 0 Å². The van der Waals surface area contributed by atoms with Crippen LogP contribution in [0.2, 0.25) is 0 Å². The van der Waals surface area contributed by atoms with Crippen molar-refractivity contribution in [2.24, 2.45) is 0 Å². The molecule has 0 aliphatic carbocycles. The average molecular weight is 366 g/mol. The van der Waals surface area contributed by atoms with E-state index in [9.17, 15) is 9.18 Å². The van der Waals surface area contributed by atoms with Crippen molar-refractivity contribution in [3.63, 3.8) is 0 Å². The first kappa shape index (κ1) is 16.5. The lowest BCUT2D eigenvalue weighted by molar-refractivity contribution is 0.0934. The van der Waals surface area contributed by atoms with Gasteiger partial charge in [0.25, 0.3) is 5.91 Å². The first-order chi connectivity index (χ1) is 10.5. The van der Waals surface area contributed by atoms with Crippen LogP contribution in [0.15, 0.2) is 46.9 Å². The molecule has 5 heteroatoms. The van der Waals surface area contributed by atoms with Gasteiger partial charge >= 0.3 is 0 Å². The predicted octanol–water partition coefficient (Wildman–Crippen LogP) is 4.48. The molecule has 2 aromatic rings. The van der Waals surface area contributed by atoms with Gasteiger partial charge in [-0.15, -0.1) is 0 Å². The molecule has 3 nitrogen and oxygen atoms in total. The highest BCUT2D eigenvalue weighted by Gasteiger charge is 2.16. The number of rotatable bonds is 5. The van der Waals surface area contributed by atoms with E-state index in [-0.39, 0.29) is 17.8 Å². The number of halogens is 2. The van der Waals surface area contributed by atoms with E-state index in [1.165, 1.54) is 18.2 Å². The number of hydrogen-bond donors (Lipinski definition) is 1. The van der Waals surface area contributed by atoms with E-state index < -0.39 is 0 Å². The summed E-state index contributed by atoms with van der Waals surface area (Å²) in [5, 5.41) is 2.96. The van der Waals surface area contributed by atoms with Crippen molar-refractivity contribution in [2.75, 3.05) is 7.11 Å². The maximum Gasteiger partial charge on any atom is 0.252 e. The Labute approximate surface area is 137 Å². The molecule has 1 unspecified atom stereocenters. The van der Waals surface area contributed by atoms with Gasteiger partial charge in [0.2, 0.25) is 0 Å². The second-order valence-electron chi connectivity index (χ2n) is 4.83. The van der Waals surface area contributed by atoms with Crippen LogP contribution in [0, 0.1) is 5.82 Å². The van der Waals surface area contributed by atoms with E-state index in [1.54, 1.807) is 7.11 Å². The highest BCUT2D eigenvalue weighted by atomic mass is 79.9. The van der Waals surface area contributed by atoms with E-state index in [1.807, 2.05) is 31.2 Å². The van der Waals surface area contributed by atoms with Crippen LogP contribution in [0.1, 0.15) is 35.3 Å². The van der Waals surface area contributed by atoms with Crippen molar-refractivity contribution in [3.05, 3.63) is 63.9 Å². The molecule has 0 saturated heterocycles. The first-order valence-electron chi connectivity index (χ1n) is 6.95. The number of hydrogen-bond acceptors (Lipinski definition) is 2. The van der Waals surface area contributed by atoms with Gasteiger partial charge in [-0.2, -0.15) is 0 Å². The second kappa shape index (κ2) is 7.40.